The van der Waals surface area contributed by atoms with E-state index in [-0.39, 0.29) is 14.9 Å². The molecule has 0 aromatic rings. The molecule has 40 heavy (non-hydrogen) atoms. The standard InChI is InChI=1S/C30H48.4C2H6.2CH4/c1-22(2)10-8-18-30(20-21-30)29(6)19-16-27-26(13-9-17-28(27,29)5)15-14-25-12-7-11-23(3)24(25)4;4*1-2;;/h14-15,22-23,27H,4,7-13,16-21H2,1-3,5-6H3;4*1-2H3;2*1H4/b25-14-,26-15+;;;;;;. The highest BCUT2D eigenvalue weighted by Gasteiger charge is 2.67. The Morgan fingerprint density at radius 2 is 1.38 bits per heavy atom. The monoisotopic (exact) mass is 561 g/mol. The van der Waals surface area contributed by atoms with Gasteiger partial charge in [-0.05, 0) is 116 Å². The molecule has 0 bridgehead atoms. The average Bonchev–Trinajstić information content (AvgIpc) is 3.68. The molecule has 4 atom stereocenters. The number of fused-ring (bicyclic) bond motifs is 1. The van der Waals surface area contributed by atoms with Gasteiger partial charge in [-0.2, -0.15) is 0 Å². The highest BCUT2D eigenvalue weighted by Crippen LogP contribution is 2.76. The fraction of sp³-hybridized carbons (Fsp3) is 0.850. The van der Waals surface area contributed by atoms with Crippen LogP contribution in [0.25, 0.3) is 0 Å². The summed E-state index contributed by atoms with van der Waals surface area (Å²) in [6.45, 7) is 33.0. The lowest BCUT2D eigenvalue weighted by molar-refractivity contribution is -0.0194. The Bertz CT molecular complexity index is 714. The summed E-state index contributed by atoms with van der Waals surface area (Å²) < 4.78 is 0. The summed E-state index contributed by atoms with van der Waals surface area (Å²) in [5, 5.41) is 0. The SMILES string of the molecule is C.C.C=C1/C(=C\C=C2/CCCC3(C)C2CCC3(C)C2(CCCC(C)C)CC2)CCCC1C.CC.CC.CC.CC. The zero-order valence-electron chi connectivity index (χ0n) is 28.8. The van der Waals surface area contributed by atoms with Crippen molar-refractivity contribution in [3.8, 4) is 0 Å². The second-order valence-electron chi connectivity index (χ2n) is 12.5. The molecule has 0 nitrogen and oxygen atoms in total. The Morgan fingerprint density at radius 1 is 0.800 bits per heavy atom. The molecule has 0 saturated heterocycles. The molecule has 4 rings (SSSR count). The van der Waals surface area contributed by atoms with Gasteiger partial charge in [0.15, 0.2) is 0 Å². The molecule has 4 aliphatic rings. The highest BCUT2D eigenvalue weighted by molar-refractivity contribution is 5.37. The summed E-state index contributed by atoms with van der Waals surface area (Å²) in [7, 11) is 0. The zero-order chi connectivity index (χ0) is 29.6. The highest BCUT2D eigenvalue weighted by atomic mass is 14.7. The third-order valence-corrected chi connectivity index (χ3v) is 10.6. The van der Waals surface area contributed by atoms with Gasteiger partial charge in [-0.3, -0.25) is 0 Å². The zero-order valence-corrected chi connectivity index (χ0v) is 28.8. The molecule has 0 aromatic carbocycles. The number of allylic oxidation sites excluding steroid dienone is 5. The van der Waals surface area contributed by atoms with E-state index in [2.05, 4.69) is 53.3 Å². The van der Waals surface area contributed by atoms with Crippen LogP contribution in [0.4, 0.5) is 0 Å². The molecule has 240 valence electrons. The Hall–Kier alpha value is -0.780. The minimum absolute atomic E-state index is 0. The first-order chi connectivity index (χ1) is 18.2. The minimum atomic E-state index is 0. The van der Waals surface area contributed by atoms with Crippen molar-refractivity contribution in [2.45, 2.75) is 188 Å². The Kier molecular flexibility index (Phi) is 22.9. The first kappa shape index (κ1) is 43.7. The molecule has 0 aromatic heterocycles. The molecular formula is C40H80. The van der Waals surface area contributed by atoms with Crippen LogP contribution in [0.5, 0.6) is 0 Å². The maximum absolute atomic E-state index is 4.43. The lowest BCUT2D eigenvalue weighted by Crippen LogP contribution is -2.45. The molecule has 0 heterocycles. The van der Waals surface area contributed by atoms with E-state index in [1.165, 1.54) is 89.0 Å². The number of hydrogen-bond acceptors (Lipinski definition) is 0. The first-order valence-electron chi connectivity index (χ1n) is 17.3. The molecule has 0 spiro atoms. The van der Waals surface area contributed by atoms with E-state index in [0.29, 0.717) is 22.2 Å². The lowest BCUT2D eigenvalue weighted by Gasteiger charge is -2.53. The number of rotatable bonds is 6. The van der Waals surface area contributed by atoms with Crippen LogP contribution in [0.3, 0.4) is 0 Å². The average molecular weight is 561 g/mol. The quantitative estimate of drug-likeness (QED) is 0.303. The van der Waals surface area contributed by atoms with Crippen LogP contribution in [0.15, 0.2) is 35.5 Å². The Morgan fingerprint density at radius 3 is 1.90 bits per heavy atom. The van der Waals surface area contributed by atoms with Gasteiger partial charge in [-0.1, -0.05) is 142 Å². The van der Waals surface area contributed by atoms with E-state index >= 15 is 0 Å². The summed E-state index contributed by atoms with van der Waals surface area (Å²) in [5.41, 5.74) is 6.47. The van der Waals surface area contributed by atoms with Crippen LogP contribution >= 0.6 is 0 Å². The van der Waals surface area contributed by atoms with Crippen LogP contribution in [-0.2, 0) is 0 Å². The molecule has 0 radical (unpaired) electrons. The largest absolute Gasteiger partial charge is 0.0953 e. The van der Waals surface area contributed by atoms with E-state index in [9.17, 15) is 0 Å². The summed E-state index contributed by atoms with van der Waals surface area (Å²) in [6.07, 6.45) is 23.4. The normalized spacial score (nSPS) is 31.3. The summed E-state index contributed by atoms with van der Waals surface area (Å²) >= 11 is 0. The molecule has 4 fully saturated rings. The van der Waals surface area contributed by atoms with Gasteiger partial charge in [0, 0.05) is 0 Å². The fourth-order valence-electron chi connectivity index (χ4n) is 8.10. The van der Waals surface area contributed by atoms with Crippen LogP contribution in [0, 0.1) is 34.0 Å². The summed E-state index contributed by atoms with van der Waals surface area (Å²) in [5.74, 6) is 2.36. The van der Waals surface area contributed by atoms with Crippen LogP contribution < -0.4 is 0 Å². The second kappa shape index (κ2) is 21.0. The van der Waals surface area contributed by atoms with E-state index in [1.807, 2.05) is 55.4 Å². The maximum atomic E-state index is 4.43. The number of hydrogen-bond donors (Lipinski definition) is 0. The third-order valence-electron chi connectivity index (χ3n) is 10.6. The molecule has 4 saturated carbocycles. The van der Waals surface area contributed by atoms with Gasteiger partial charge < -0.3 is 0 Å². The summed E-state index contributed by atoms with van der Waals surface area (Å²) in [4.78, 5) is 0. The molecule has 4 aliphatic carbocycles. The van der Waals surface area contributed by atoms with E-state index in [1.54, 1.807) is 11.1 Å². The van der Waals surface area contributed by atoms with Crippen LogP contribution in [0.2, 0.25) is 0 Å². The van der Waals surface area contributed by atoms with Gasteiger partial charge in [-0.15, -0.1) is 0 Å². The van der Waals surface area contributed by atoms with Crippen molar-refractivity contribution < 1.29 is 0 Å². The minimum Gasteiger partial charge on any atom is -0.0953 e. The van der Waals surface area contributed by atoms with Crippen molar-refractivity contribution in [1.29, 1.82) is 0 Å². The molecule has 0 aliphatic heterocycles. The molecule has 0 amide bonds. The van der Waals surface area contributed by atoms with Gasteiger partial charge in [0.05, 0.1) is 0 Å². The van der Waals surface area contributed by atoms with Crippen molar-refractivity contribution >= 4 is 0 Å². The smallest absolute Gasteiger partial charge is 0.0140 e. The molecular weight excluding hydrogens is 480 g/mol. The molecule has 0 N–H and O–H groups in total. The van der Waals surface area contributed by atoms with Crippen LogP contribution in [0.1, 0.15) is 188 Å². The van der Waals surface area contributed by atoms with E-state index in [0.717, 1.165) is 11.8 Å². The Labute approximate surface area is 257 Å². The van der Waals surface area contributed by atoms with E-state index < -0.39 is 0 Å². The maximum Gasteiger partial charge on any atom is -0.0140 e. The van der Waals surface area contributed by atoms with Crippen molar-refractivity contribution in [3.63, 3.8) is 0 Å². The molecule has 0 heteroatoms. The third kappa shape index (κ3) is 9.63. The van der Waals surface area contributed by atoms with Gasteiger partial charge >= 0.3 is 0 Å². The van der Waals surface area contributed by atoms with Crippen molar-refractivity contribution in [1.82, 2.24) is 0 Å². The van der Waals surface area contributed by atoms with Crippen molar-refractivity contribution in [3.05, 3.63) is 35.5 Å². The predicted octanol–water partition coefficient (Wildman–Crippen LogP) is 14.8. The van der Waals surface area contributed by atoms with Gasteiger partial charge in [0.1, 0.15) is 0 Å². The first-order valence-corrected chi connectivity index (χ1v) is 17.3. The second-order valence-corrected chi connectivity index (χ2v) is 12.5. The fourth-order valence-corrected chi connectivity index (χ4v) is 8.10. The van der Waals surface area contributed by atoms with Gasteiger partial charge in [0.2, 0.25) is 0 Å². The molecule has 4 unspecified atom stereocenters. The summed E-state index contributed by atoms with van der Waals surface area (Å²) in [6, 6.07) is 0. The topological polar surface area (TPSA) is 0 Å². The van der Waals surface area contributed by atoms with Gasteiger partial charge in [0.25, 0.3) is 0 Å². The van der Waals surface area contributed by atoms with Crippen molar-refractivity contribution in [2.75, 3.05) is 0 Å². The van der Waals surface area contributed by atoms with Crippen molar-refractivity contribution in [2.24, 2.45) is 34.0 Å². The van der Waals surface area contributed by atoms with Gasteiger partial charge in [-0.25, -0.2) is 0 Å². The Balaban J connectivity index is -0.00000126. The predicted molar refractivity (Wildman–Crippen MR) is 190 cm³/mol. The van der Waals surface area contributed by atoms with E-state index in [4.69, 9.17) is 0 Å². The van der Waals surface area contributed by atoms with Crippen LogP contribution in [-0.4, -0.2) is 0 Å². The lowest BCUT2D eigenvalue weighted by atomic mass is 9.52.